The second-order valence-corrected chi connectivity index (χ2v) is 3.89. The number of aryl methyl sites for hydroxylation is 1. The van der Waals surface area contributed by atoms with E-state index in [0.29, 0.717) is 5.56 Å². The molecule has 0 saturated heterocycles. The molecule has 76 valence electrons. The number of aliphatic hydroxyl groups is 1. The van der Waals surface area contributed by atoms with Crippen LogP contribution < -0.4 is 0 Å². The highest BCUT2D eigenvalue weighted by atomic mass is 16.4. The van der Waals surface area contributed by atoms with Crippen molar-refractivity contribution in [3.05, 3.63) is 34.9 Å². The number of hydrogen-bond acceptors (Lipinski definition) is 2. The van der Waals surface area contributed by atoms with Crippen molar-refractivity contribution >= 4 is 5.97 Å². The lowest BCUT2D eigenvalue weighted by molar-refractivity contribution is 0.0692. The van der Waals surface area contributed by atoms with Crippen LogP contribution in [0.5, 0.6) is 0 Å². The van der Waals surface area contributed by atoms with Gasteiger partial charge in [-0.1, -0.05) is 6.07 Å². The zero-order chi connectivity index (χ0) is 10.9. The summed E-state index contributed by atoms with van der Waals surface area (Å²) in [6, 6.07) is 4.75. The van der Waals surface area contributed by atoms with E-state index in [1.807, 2.05) is 6.92 Å². The highest BCUT2D eigenvalue weighted by molar-refractivity contribution is 5.88. The van der Waals surface area contributed by atoms with Crippen LogP contribution in [0.15, 0.2) is 18.2 Å². The average molecular weight is 194 g/mol. The maximum Gasteiger partial charge on any atom is 0.335 e. The number of hydrogen-bond donors (Lipinski definition) is 2. The molecule has 0 amide bonds. The van der Waals surface area contributed by atoms with E-state index in [9.17, 15) is 9.90 Å². The average Bonchev–Trinajstić information content (AvgIpc) is 2.02. The van der Waals surface area contributed by atoms with Gasteiger partial charge in [-0.15, -0.1) is 0 Å². The van der Waals surface area contributed by atoms with Crippen molar-refractivity contribution < 1.29 is 15.0 Å². The summed E-state index contributed by atoms with van der Waals surface area (Å²) in [6.07, 6.45) is 0. The summed E-state index contributed by atoms with van der Waals surface area (Å²) in [5.41, 5.74) is 0.739. The monoisotopic (exact) mass is 194 g/mol. The van der Waals surface area contributed by atoms with Gasteiger partial charge in [0, 0.05) is 0 Å². The molecule has 0 spiro atoms. The Hall–Kier alpha value is -1.35. The van der Waals surface area contributed by atoms with Crippen LogP contribution in [0, 0.1) is 6.92 Å². The van der Waals surface area contributed by atoms with Gasteiger partial charge in [0.25, 0.3) is 0 Å². The quantitative estimate of drug-likeness (QED) is 0.756. The molecule has 3 heteroatoms. The number of aromatic carboxylic acids is 1. The molecule has 0 aromatic heterocycles. The summed E-state index contributed by atoms with van der Waals surface area (Å²) in [5.74, 6) is -0.976. The summed E-state index contributed by atoms with van der Waals surface area (Å²) in [7, 11) is 0. The Morgan fingerprint density at radius 2 is 1.93 bits per heavy atom. The predicted octanol–water partition coefficient (Wildman–Crippen LogP) is 1.92. The molecule has 3 nitrogen and oxygen atoms in total. The van der Waals surface area contributed by atoms with E-state index in [0.717, 1.165) is 5.56 Å². The fourth-order valence-electron chi connectivity index (χ4n) is 1.41. The van der Waals surface area contributed by atoms with Gasteiger partial charge in [-0.25, -0.2) is 4.79 Å². The largest absolute Gasteiger partial charge is 0.478 e. The molecule has 0 aliphatic carbocycles. The third-order valence-corrected chi connectivity index (χ3v) is 2.14. The van der Waals surface area contributed by atoms with Gasteiger partial charge >= 0.3 is 5.97 Å². The zero-order valence-electron chi connectivity index (χ0n) is 8.53. The van der Waals surface area contributed by atoms with Gasteiger partial charge in [-0.3, -0.25) is 0 Å². The fourth-order valence-corrected chi connectivity index (χ4v) is 1.41. The first-order valence-electron chi connectivity index (χ1n) is 4.39. The molecule has 0 bridgehead atoms. The molecule has 0 fully saturated rings. The Labute approximate surface area is 83.0 Å². The molecule has 1 rings (SSSR count). The van der Waals surface area contributed by atoms with Crippen molar-refractivity contribution in [2.75, 3.05) is 0 Å². The normalized spacial score (nSPS) is 11.4. The number of benzene rings is 1. The lowest BCUT2D eigenvalue weighted by Crippen LogP contribution is -2.18. The SMILES string of the molecule is Cc1ccc(C(=O)O)cc1C(C)(C)O. The van der Waals surface area contributed by atoms with E-state index in [4.69, 9.17) is 5.11 Å². The summed E-state index contributed by atoms with van der Waals surface area (Å²) < 4.78 is 0. The molecule has 0 radical (unpaired) electrons. The Kier molecular flexibility index (Phi) is 2.62. The van der Waals surface area contributed by atoms with Crippen LogP contribution >= 0.6 is 0 Å². The van der Waals surface area contributed by atoms with Gasteiger partial charge in [0.2, 0.25) is 0 Å². The smallest absolute Gasteiger partial charge is 0.335 e. The maximum absolute atomic E-state index is 10.7. The van der Waals surface area contributed by atoms with Crippen LogP contribution in [0.3, 0.4) is 0 Å². The van der Waals surface area contributed by atoms with Gasteiger partial charge in [-0.05, 0) is 44.0 Å². The van der Waals surface area contributed by atoms with Crippen LogP contribution in [-0.4, -0.2) is 16.2 Å². The fraction of sp³-hybridized carbons (Fsp3) is 0.364. The Balaban J connectivity index is 3.29. The molecule has 0 saturated carbocycles. The lowest BCUT2D eigenvalue weighted by Gasteiger charge is -2.20. The summed E-state index contributed by atoms with van der Waals surface area (Å²) in [6.45, 7) is 5.13. The molecule has 0 atom stereocenters. The molecule has 0 aliphatic rings. The first-order chi connectivity index (χ1) is 6.32. The zero-order valence-corrected chi connectivity index (χ0v) is 8.53. The molecular weight excluding hydrogens is 180 g/mol. The van der Waals surface area contributed by atoms with E-state index >= 15 is 0 Å². The third kappa shape index (κ3) is 2.12. The van der Waals surface area contributed by atoms with E-state index in [1.54, 1.807) is 19.9 Å². The second-order valence-electron chi connectivity index (χ2n) is 3.89. The molecule has 0 unspecified atom stereocenters. The first kappa shape index (κ1) is 10.7. The summed E-state index contributed by atoms with van der Waals surface area (Å²) >= 11 is 0. The molecule has 0 aliphatic heterocycles. The second kappa shape index (κ2) is 3.42. The Morgan fingerprint density at radius 1 is 1.36 bits per heavy atom. The van der Waals surface area contributed by atoms with Crippen molar-refractivity contribution in [1.82, 2.24) is 0 Å². The van der Waals surface area contributed by atoms with E-state index in [-0.39, 0.29) is 5.56 Å². The topological polar surface area (TPSA) is 57.5 Å². The van der Waals surface area contributed by atoms with Gasteiger partial charge in [0.15, 0.2) is 0 Å². The number of carboxylic acids is 1. The molecule has 14 heavy (non-hydrogen) atoms. The van der Waals surface area contributed by atoms with Crippen LogP contribution in [-0.2, 0) is 5.60 Å². The summed E-state index contributed by atoms with van der Waals surface area (Å²) in [5, 5.41) is 18.6. The van der Waals surface area contributed by atoms with Crippen LogP contribution in [0.1, 0.15) is 35.3 Å². The molecule has 1 aromatic carbocycles. The van der Waals surface area contributed by atoms with Crippen molar-refractivity contribution in [2.45, 2.75) is 26.4 Å². The van der Waals surface area contributed by atoms with Crippen molar-refractivity contribution in [3.8, 4) is 0 Å². The van der Waals surface area contributed by atoms with Crippen molar-refractivity contribution in [2.24, 2.45) is 0 Å². The number of rotatable bonds is 2. The standard InChI is InChI=1S/C11H14O3/c1-7-4-5-8(10(12)13)6-9(7)11(2,3)14/h4-6,14H,1-3H3,(H,12,13). The summed E-state index contributed by atoms with van der Waals surface area (Å²) in [4.78, 5) is 10.7. The van der Waals surface area contributed by atoms with Gasteiger partial charge in [0.05, 0.1) is 11.2 Å². The van der Waals surface area contributed by atoms with Crippen LogP contribution in [0.2, 0.25) is 0 Å². The highest BCUT2D eigenvalue weighted by Gasteiger charge is 2.19. The molecule has 0 heterocycles. The van der Waals surface area contributed by atoms with Crippen LogP contribution in [0.4, 0.5) is 0 Å². The van der Waals surface area contributed by atoms with Crippen LogP contribution in [0.25, 0.3) is 0 Å². The maximum atomic E-state index is 10.7. The van der Waals surface area contributed by atoms with Crippen molar-refractivity contribution in [3.63, 3.8) is 0 Å². The minimum Gasteiger partial charge on any atom is -0.478 e. The lowest BCUT2D eigenvalue weighted by atomic mass is 9.92. The first-order valence-corrected chi connectivity index (χ1v) is 4.39. The van der Waals surface area contributed by atoms with E-state index < -0.39 is 11.6 Å². The Bertz CT molecular complexity index is 361. The van der Waals surface area contributed by atoms with E-state index in [1.165, 1.54) is 12.1 Å². The molecule has 2 N–H and O–H groups in total. The van der Waals surface area contributed by atoms with Gasteiger partial charge in [0.1, 0.15) is 0 Å². The van der Waals surface area contributed by atoms with E-state index in [2.05, 4.69) is 0 Å². The predicted molar refractivity (Wildman–Crippen MR) is 53.4 cm³/mol. The molecular formula is C11H14O3. The minimum atomic E-state index is -1.00. The van der Waals surface area contributed by atoms with Gasteiger partial charge in [-0.2, -0.15) is 0 Å². The van der Waals surface area contributed by atoms with Crippen molar-refractivity contribution in [1.29, 1.82) is 0 Å². The number of carbonyl (C=O) groups is 1. The Morgan fingerprint density at radius 3 is 2.36 bits per heavy atom. The van der Waals surface area contributed by atoms with Gasteiger partial charge < -0.3 is 10.2 Å². The highest BCUT2D eigenvalue weighted by Crippen LogP contribution is 2.24. The minimum absolute atomic E-state index is 0.202. The number of carboxylic acid groups (broad SMARTS) is 1. The molecule has 1 aromatic rings. The third-order valence-electron chi connectivity index (χ3n) is 2.14.